The van der Waals surface area contributed by atoms with E-state index in [1.165, 1.54) is 24.0 Å². The number of hydrogen-bond donors (Lipinski definition) is 1. The number of carbonyl (C=O) groups excluding carboxylic acids is 2. The zero-order chi connectivity index (χ0) is 15.0. The number of nitrogens with one attached hydrogen (secondary N) is 1. The summed E-state index contributed by atoms with van der Waals surface area (Å²) in [5, 5.41) is 2.65. The quantitative estimate of drug-likeness (QED) is 0.768. The summed E-state index contributed by atoms with van der Waals surface area (Å²) in [4.78, 5) is 24.4. The van der Waals surface area contributed by atoms with Crippen molar-refractivity contribution in [2.45, 2.75) is 13.3 Å². The fraction of sp³-hybridized carbons (Fsp3) is 0.429. The molecule has 0 spiro atoms. The van der Waals surface area contributed by atoms with Crippen LogP contribution < -0.4 is 10.2 Å². The smallest absolute Gasteiger partial charge is 0.223 e. The monoisotopic (exact) mass is 282 g/mol. The highest BCUT2D eigenvalue weighted by molar-refractivity contribution is 5.92. The number of amides is 2. The number of rotatable bonds is 7. The molecule has 6 heteroatoms. The van der Waals surface area contributed by atoms with Gasteiger partial charge in [-0.25, -0.2) is 4.39 Å². The molecule has 0 unspecified atom stereocenters. The van der Waals surface area contributed by atoms with E-state index in [-0.39, 0.29) is 30.5 Å². The average Bonchev–Trinajstić information content (AvgIpc) is 2.41. The Morgan fingerprint density at radius 1 is 1.35 bits per heavy atom. The first-order valence-corrected chi connectivity index (χ1v) is 6.34. The molecular weight excluding hydrogens is 263 g/mol. The van der Waals surface area contributed by atoms with Gasteiger partial charge >= 0.3 is 0 Å². The van der Waals surface area contributed by atoms with Gasteiger partial charge in [-0.3, -0.25) is 9.59 Å². The Balaban J connectivity index is 2.59. The normalized spacial score (nSPS) is 10.2. The maximum atomic E-state index is 13.7. The van der Waals surface area contributed by atoms with E-state index in [2.05, 4.69) is 5.32 Å². The first-order valence-electron chi connectivity index (χ1n) is 6.34. The molecule has 0 aliphatic carbocycles. The minimum Gasteiger partial charge on any atom is -0.383 e. The van der Waals surface area contributed by atoms with Gasteiger partial charge in [0.2, 0.25) is 11.8 Å². The topological polar surface area (TPSA) is 58.6 Å². The number of benzene rings is 1. The molecule has 0 bridgehead atoms. The maximum absolute atomic E-state index is 13.7. The van der Waals surface area contributed by atoms with Gasteiger partial charge in [0.05, 0.1) is 12.3 Å². The number of para-hydroxylation sites is 1. The van der Waals surface area contributed by atoms with Gasteiger partial charge in [0.25, 0.3) is 0 Å². The molecule has 0 atom stereocenters. The average molecular weight is 282 g/mol. The molecule has 5 nitrogen and oxygen atoms in total. The van der Waals surface area contributed by atoms with Crippen LogP contribution in [0.5, 0.6) is 0 Å². The highest BCUT2D eigenvalue weighted by Gasteiger charge is 2.16. The van der Waals surface area contributed by atoms with Crippen LogP contribution in [0.1, 0.15) is 13.3 Å². The number of hydrogen-bond acceptors (Lipinski definition) is 3. The number of nitrogens with zero attached hydrogens (tertiary/aromatic N) is 1. The molecule has 1 N–H and O–H groups in total. The molecule has 1 aromatic carbocycles. The lowest BCUT2D eigenvalue weighted by atomic mass is 10.2. The van der Waals surface area contributed by atoms with E-state index in [1.807, 2.05) is 0 Å². The van der Waals surface area contributed by atoms with Gasteiger partial charge in [0, 0.05) is 33.5 Å². The van der Waals surface area contributed by atoms with Crippen molar-refractivity contribution in [3.63, 3.8) is 0 Å². The van der Waals surface area contributed by atoms with Gasteiger partial charge in [0.15, 0.2) is 0 Å². The Morgan fingerprint density at radius 3 is 2.65 bits per heavy atom. The Kier molecular flexibility index (Phi) is 6.66. The van der Waals surface area contributed by atoms with Crippen molar-refractivity contribution in [2.24, 2.45) is 0 Å². The summed E-state index contributed by atoms with van der Waals surface area (Å²) in [5.41, 5.74) is 0.185. The molecule has 1 aromatic rings. The number of methoxy groups -OCH3 is 1. The van der Waals surface area contributed by atoms with Crippen molar-refractivity contribution in [1.29, 1.82) is 0 Å². The fourth-order valence-corrected chi connectivity index (χ4v) is 1.71. The van der Waals surface area contributed by atoms with Crippen LogP contribution in [0.25, 0.3) is 0 Å². The van der Waals surface area contributed by atoms with E-state index in [9.17, 15) is 14.0 Å². The summed E-state index contributed by atoms with van der Waals surface area (Å²) in [6.45, 7) is 2.31. The Hall–Kier alpha value is -1.95. The van der Waals surface area contributed by atoms with E-state index < -0.39 is 5.82 Å². The van der Waals surface area contributed by atoms with E-state index in [0.717, 1.165) is 0 Å². The SMILES string of the molecule is COCCNC(=O)CCN(C(C)=O)c1ccccc1F. The first kappa shape index (κ1) is 16.1. The van der Waals surface area contributed by atoms with E-state index >= 15 is 0 Å². The molecule has 0 aromatic heterocycles. The van der Waals surface area contributed by atoms with Gasteiger partial charge in [0.1, 0.15) is 5.82 Å². The van der Waals surface area contributed by atoms with Gasteiger partial charge in [-0.05, 0) is 12.1 Å². The predicted molar refractivity (Wildman–Crippen MR) is 73.9 cm³/mol. The van der Waals surface area contributed by atoms with Crippen LogP contribution in [0.4, 0.5) is 10.1 Å². The zero-order valence-electron chi connectivity index (χ0n) is 11.7. The number of halogens is 1. The van der Waals surface area contributed by atoms with Crippen molar-refractivity contribution in [1.82, 2.24) is 5.32 Å². The lowest BCUT2D eigenvalue weighted by Gasteiger charge is -2.21. The molecule has 0 saturated carbocycles. The highest BCUT2D eigenvalue weighted by Crippen LogP contribution is 2.18. The van der Waals surface area contributed by atoms with E-state index in [4.69, 9.17) is 4.74 Å². The largest absolute Gasteiger partial charge is 0.383 e. The minimum atomic E-state index is -0.484. The van der Waals surface area contributed by atoms with E-state index in [0.29, 0.717) is 13.2 Å². The summed E-state index contributed by atoms with van der Waals surface area (Å²) in [7, 11) is 1.54. The van der Waals surface area contributed by atoms with Crippen LogP contribution in [0.3, 0.4) is 0 Å². The molecular formula is C14H19FN2O3. The summed E-state index contributed by atoms with van der Waals surface area (Å²) < 4.78 is 18.5. The molecule has 20 heavy (non-hydrogen) atoms. The fourth-order valence-electron chi connectivity index (χ4n) is 1.71. The van der Waals surface area contributed by atoms with Gasteiger partial charge in [-0.2, -0.15) is 0 Å². The van der Waals surface area contributed by atoms with Crippen LogP contribution >= 0.6 is 0 Å². The van der Waals surface area contributed by atoms with Crippen molar-refractivity contribution < 1.29 is 18.7 Å². The Bertz CT molecular complexity index is 465. The molecule has 0 saturated heterocycles. The second kappa shape index (κ2) is 8.27. The van der Waals surface area contributed by atoms with Gasteiger partial charge in [-0.15, -0.1) is 0 Å². The molecule has 2 amide bonds. The van der Waals surface area contributed by atoms with E-state index in [1.54, 1.807) is 19.2 Å². The minimum absolute atomic E-state index is 0.109. The van der Waals surface area contributed by atoms with Crippen LogP contribution in [-0.4, -0.2) is 38.6 Å². The molecule has 0 radical (unpaired) electrons. The van der Waals surface area contributed by atoms with Crippen LogP contribution in [0.15, 0.2) is 24.3 Å². The number of carbonyl (C=O) groups is 2. The van der Waals surface area contributed by atoms with Gasteiger partial charge < -0.3 is 15.0 Å². The van der Waals surface area contributed by atoms with Crippen molar-refractivity contribution in [3.05, 3.63) is 30.1 Å². The lowest BCUT2D eigenvalue weighted by molar-refractivity contribution is -0.121. The standard InChI is InChI=1S/C14H19FN2O3/c1-11(18)17(13-6-4-3-5-12(13)15)9-7-14(19)16-8-10-20-2/h3-6H,7-10H2,1-2H3,(H,16,19). The lowest BCUT2D eigenvalue weighted by Crippen LogP contribution is -2.35. The summed E-state index contributed by atoms with van der Waals surface area (Å²) in [6, 6.07) is 5.99. The summed E-state index contributed by atoms with van der Waals surface area (Å²) in [5.74, 6) is -0.994. The Labute approximate surface area is 117 Å². The van der Waals surface area contributed by atoms with Crippen LogP contribution in [0, 0.1) is 5.82 Å². The van der Waals surface area contributed by atoms with Crippen LogP contribution in [0.2, 0.25) is 0 Å². The van der Waals surface area contributed by atoms with Crippen molar-refractivity contribution in [3.8, 4) is 0 Å². The molecule has 110 valence electrons. The molecule has 0 heterocycles. The first-order chi connectivity index (χ1) is 9.56. The van der Waals surface area contributed by atoms with Crippen LogP contribution in [-0.2, 0) is 14.3 Å². The Morgan fingerprint density at radius 2 is 2.05 bits per heavy atom. The third-order valence-corrected chi connectivity index (χ3v) is 2.71. The molecule has 0 aliphatic rings. The third-order valence-electron chi connectivity index (χ3n) is 2.71. The summed E-state index contributed by atoms with van der Waals surface area (Å²) in [6.07, 6.45) is 0.109. The second-order valence-electron chi connectivity index (χ2n) is 4.21. The third kappa shape index (κ3) is 4.97. The summed E-state index contributed by atoms with van der Waals surface area (Å²) >= 11 is 0. The molecule has 1 rings (SSSR count). The van der Waals surface area contributed by atoms with Crippen molar-refractivity contribution >= 4 is 17.5 Å². The molecule has 0 fully saturated rings. The number of ether oxygens (including phenoxy) is 1. The molecule has 0 aliphatic heterocycles. The zero-order valence-corrected chi connectivity index (χ0v) is 11.7. The predicted octanol–water partition coefficient (Wildman–Crippen LogP) is 1.33. The highest BCUT2D eigenvalue weighted by atomic mass is 19.1. The maximum Gasteiger partial charge on any atom is 0.223 e. The number of anilines is 1. The second-order valence-corrected chi connectivity index (χ2v) is 4.21. The van der Waals surface area contributed by atoms with Crippen molar-refractivity contribution in [2.75, 3.05) is 31.7 Å². The van der Waals surface area contributed by atoms with Gasteiger partial charge in [-0.1, -0.05) is 12.1 Å².